The third-order valence-electron chi connectivity index (χ3n) is 6.25. The number of nitrogens with zero attached hydrogens (tertiary/aromatic N) is 4. The highest BCUT2D eigenvalue weighted by Gasteiger charge is 2.33. The maximum absolute atomic E-state index is 11.9. The molecule has 0 bridgehead atoms. The van der Waals surface area contributed by atoms with E-state index in [0.29, 0.717) is 12.5 Å². The highest BCUT2D eigenvalue weighted by molar-refractivity contribution is 5.85. The SMILES string of the molecule is C[C@H]1C[C@@H](C(N)=O)N(c2cccc(-c3ccc(N4CCN(CC#N)CC4)cc3)c2)C1. The van der Waals surface area contributed by atoms with Crippen molar-refractivity contribution in [2.75, 3.05) is 49.1 Å². The van der Waals surface area contributed by atoms with Crippen molar-refractivity contribution in [3.63, 3.8) is 0 Å². The van der Waals surface area contributed by atoms with E-state index < -0.39 is 0 Å². The second-order valence-corrected chi connectivity index (χ2v) is 8.43. The van der Waals surface area contributed by atoms with E-state index in [4.69, 9.17) is 11.0 Å². The van der Waals surface area contributed by atoms with E-state index in [-0.39, 0.29) is 11.9 Å². The molecule has 2 aromatic rings. The summed E-state index contributed by atoms with van der Waals surface area (Å²) in [7, 11) is 0. The molecular formula is C24H29N5O. The van der Waals surface area contributed by atoms with Gasteiger partial charge < -0.3 is 15.5 Å². The van der Waals surface area contributed by atoms with Gasteiger partial charge in [-0.15, -0.1) is 0 Å². The van der Waals surface area contributed by atoms with Crippen molar-refractivity contribution in [1.82, 2.24) is 4.90 Å². The van der Waals surface area contributed by atoms with Gasteiger partial charge >= 0.3 is 0 Å². The number of rotatable bonds is 5. The Morgan fingerprint density at radius 3 is 2.47 bits per heavy atom. The third kappa shape index (κ3) is 4.27. The van der Waals surface area contributed by atoms with Crippen LogP contribution in [0.2, 0.25) is 0 Å². The van der Waals surface area contributed by atoms with E-state index >= 15 is 0 Å². The topological polar surface area (TPSA) is 76.6 Å². The Labute approximate surface area is 178 Å². The van der Waals surface area contributed by atoms with Gasteiger partial charge in [-0.05, 0) is 47.7 Å². The zero-order chi connectivity index (χ0) is 21.1. The van der Waals surface area contributed by atoms with Crippen molar-refractivity contribution in [3.8, 4) is 17.2 Å². The molecule has 1 amide bonds. The fraction of sp³-hybridized carbons (Fsp3) is 0.417. The van der Waals surface area contributed by atoms with Gasteiger partial charge in [-0.2, -0.15) is 5.26 Å². The minimum Gasteiger partial charge on any atom is -0.369 e. The van der Waals surface area contributed by atoms with Gasteiger partial charge in [0.05, 0.1) is 12.6 Å². The van der Waals surface area contributed by atoms with Gasteiger partial charge in [-0.1, -0.05) is 31.2 Å². The van der Waals surface area contributed by atoms with Crippen molar-refractivity contribution in [2.24, 2.45) is 11.7 Å². The third-order valence-corrected chi connectivity index (χ3v) is 6.25. The molecule has 2 aliphatic rings. The van der Waals surface area contributed by atoms with Gasteiger partial charge in [0.2, 0.25) is 5.91 Å². The number of primary amides is 1. The van der Waals surface area contributed by atoms with Gasteiger partial charge in [-0.3, -0.25) is 9.69 Å². The number of hydrogen-bond donors (Lipinski definition) is 1. The maximum atomic E-state index is 11.9. The summed E-state index contributed by atoms with van der Waals surface area (Å²) < 4.78 is 0. The molecule has 2 fully saturated rings. The average Bonchev–Trinajstić information content (AvgIpc) is 3.17. The number of benzene rings is 2. The summed E-state index contributed by atoms with van der Waals surface area (Å²) in [5.74, 6) is 0.211. The van der Waals surface area contributed by atoms with Crippen LogP contribution in [0.15, 0.2) is 48.5 Å². The highest BCUT2D eigenvalue weighted by atomic mass is 16.1. The van der Waals surface area contributed by atoms with E-state index in [1.807, 2.05) is 6.07 Å². The smallest absolute Gasteiger partial charge is 0.240 e. The van der Waals surface area contributed by atoms with Crippen LogP contribution in [0.3, 0.4) is 0 Å². The quantitative estimate of drug-likeness (QED) is 0.777. The molecule has 6 nitrogen and oxygen atoms in total. The van der Waals surface area contributed by atoms with Crippen LogP contribution in [0.4, 0.5) is 11.4 Å². The lowest BCUT2D eigenvalue weighted by molar-refractivity contribution is -0.119. The summed E-state index contributed by atoms with van der Waals surface area (Å²) in [4.78, 5) is 18.6. The van der Waals surface area contributed by atoms with Gasteiger partial charge in [0, 0.05) is 44.1 Å². The number of nitriles is 1. The molecule has 2 saturated heterocycles. The average molecular weight is 404 g/mol. The molecule has 2 aromatic carbocycles. The molecule has 0 aliphatic carbocycles. The van der Waals surface area contributed by atoms with Gasteiger partial charge in [0.1, 0.15) is 6.04 Å². The Kier molecular flexibility index (Phi) is 5.91. The van der Waals surface area contributed by atoms with Crippen LogP contribution in [-0.4, -0.2) is 56.1 Å². The largest absolute Gasteiger partial charge is 0.369 e. The first-order valence-electron chi connectivity index (χ1n) is 10.7. The van der Waals surface area contributed by atoms with E-state index in [9.17, 15) is 4.79 Å². The van der Waals surface area contributed by atoms with Gasteiger partial charge in [0.15, 0.2) is 0 Å². The van der Waals surface area contributed by atoms with Crippen molar-refractivity contribution in [3.05, 3.63) is 48.5 Å². The first-order valence-corrected chi connectivity index (χ1v) is 10.7. The summed E-state index contributed by atoms with van der Waals surface area (Å²) >= 11 is 0. The summed E-state index contributed by atoms with van der Waals surface area (Å²) in [6.07, 6.45) is 0.815. The predicted molar refractivity (Wildman–Crippen MR) is 120 cm³/mol. The molecule has 2 aliphatic heterocycles. The fourth-order valence-electron chi connectivity index (χ4n) is 4.59. The summed E-state index contributed by atoms with van der Waals surface area (Å²) in [6.45, 7) is 7.26. The summed E-state index contributed by atoms with van der Waals surface area (Å²) in [6, 6.07) is 19.1. The van der Waals surface area contributed by atoms with Crippen molar-refractivity contribution in [2.45, 2.75) is 19.4 Å². The van der Waals surface area contributed by atoms with Crippen molar-refractivity contribution in [1.29, 1.82) is 5.26 Å². The lowest BCUT2D eigenvalue weighted by atomic mass is 10.0. The van der Waals surface area contributed by atoms with Crippen LogP contribution < -0.4 is 15.5 Å². The zero-order valence-corrected chi connectivity index (χ0v) is 17.5. The zero-order valence-electron chi connectivity index (χ0n) is 17.5. The first-order chi connectivity index (χ1) is 14.5. The lowest BCUT2D eigenvalue weighted by Crippen LogP contribution is -2.46. The molecule has 2 N–H and O–H groups in total. The van der Waals surface area contributed by atoms with Crippen LogP contribution in [-0.2, 0) is 4.79 Å². The summed E-state index contributed by atoms with van der Waals surface area (Å²) in [5, 5.41) is 8.85. The normalized spacial score (nSPS) is 22.1. The fourth-order valence-corrected chi connectivity index (χ4v) is 4.59. The Hall–Kier alpha value is -3.04. The number of hydrogen-bond acceptors (Lipinski definition) is 5. The Balaban J connectivity index is 1.48. The van der Waals surface area contributed by atoms with Crippen molar-refractivity contribution < 1.29 is 4.79 Å². The number of anilines is 2. The predicted octanol–water partition coefficient (Wildman–Crippen LogP) is 2.70. The van der Waals surface area contributed by atoms with Gasteiger partial charge in [-0.25, -0.2) is 0 Å². The minimum atomic E-state index is -0.246. The second kappa shape index (κ2) is 8.76. The molecule has 30 heavy (non-hydrogen) atoms. The van der Waals surface area contributed by atoms with E-state index in [1.165, 1.54) is 5.69 Å². The van der Waals surface area contributed by atoms with E-state index in [2.05, 4.69) is 70.2 Å². The second-order valence-electron chi connectivity index (χ2n) is 8.43. The van der Waals surface area contributed by atoms with Crippen LogP contribution in [0, 0.1) is 17.2 Å². The number of carbonyl (C=O) groups excluding carboxylic acids is 1. The number of carbonyl (C=O) groups is 1. The van der Waals surface area contributed by atoms with E-state index in [1.54, 1.807) is 0 Å². The molecule has 156 valence electrons. The Morgan fingerprint density at radius 2 is 1.80 bits per heavy atom. The number of nitrogens with two attached hydrogens (primary N) is 1. The standard InChI is InChI=1S/C24H29N5O/c1-18-15-23(24(26)30)29(17-18)22-4-2-3-20(16-22)19-5-7-21(8-6-19)28-13-11-27(10-9-25)12-14-28/h2-8,16,18,23H,10-15,17H2,1H3,(H2,26,30)/t18-,23-/m0/s1. The van der Waals surface area contributed by atoms with Crippen molar-refractivity contribution >= 4 is 17.3 Å². The molecule has 0 unspecified atom stereocenters. The molecular weight excluding hydrogens is 374 g/mol. The highest BCUT2D eigenvalue weighted by Crippen LogP contribution is 2.32. The van der Waals surface area contributed by atoms with Gasteiger partial charge in [0.25, 0.3) is 0 Å². The van der Waals surface area contributed by atoms with Crippen LogP contribution in [0.1, 0.15) is 13.3 Å². The molecule has 0 aromatic heterocycles. The lowest BCUT2D eigenvalue weighted by Gasteiger charge is -2.35. The first kappa shape index (κ1) is 20.2. The molecule has 0 saturated carbocycles. The minimum absolute atomic E-state index is 0.225. The molecule has 2 atom stereocenters. The number of piperazine rings is 1. The molecule has 6 heteroatoms. The monoisotopic (exact) mass is 403 g/mol. The molecule has 4 rings (SSSR count). The van der Waals surface area contributed by atoms with Crippen LogP contribution in [0.25, 0.3) is 11.1 Å². The molecule has 0 spiro atoms. The molecule has 2 heterocycles. The number of amides is 1. The maximum Gasteiger partial charge on any atom is 0.240 e. The van der Waals surface area contributed by atoms with Crippen LogP contribution >= 0.6 is 0 Å². The van der Waals surface area contributed by atoms with Crippen LogP contribution in [0.5, 0.6) is 0 Å². The van der Waals surface area contributed by atoms with E-state index in [0.717, 1.165) is 56.0 Å². The Morgan fingerprint density at radius 1 is 1.07 bits per heavy atom. The molecule has 0 radical (unpaired) electrons. The summed E-state index contributed by atoms with van der Waals surface area (Å²) in [5.41, 5.74) is 10.2. The Bertz CT molecular complexity index is 927.